The lowest BCUT2D eigenvalue weighted by molar-refractivity contribution is 0.103. The van der Waals surface area contributed by atoms with Crippen molar-refractivity contribution in [3.63, 3.8) is 0 Å². The lowest BCUT2D eigenvalue weighted by Gasteiger charge is -2.40. The van der Waals surface area contributed by atoms with Crippen molar-refractivity contribution in [1.82, 2.24) is 19.6 Å². The van der Waals surface area contributed by atoms with Gasteiger partial charge in [-0.2, -0.15) is 0 Å². The summed E-state index contributed by atoms with van der Waals surface area (Å²) >= 11 is 0. The summed E-state index contributed by atoms with van der Waals surface area (Å²) in [5.74, 6) is 0.715. The van der Waals surface area contributed by atoms with Crippen LogP contribution in [0.4, 0.5) is 0 Å². The number of fused-ring (bicyclic) bond motifs is 3. The first kappa shape index (κ1) is 17.0. The molecule has 1 aliphatic carbocycles. The van der Waals surface area contributed by atoms with E-state index in [-0.39, 0.29) is 5.56 Å². The molecule has 27 heavy (non-hydrogen) atoms. The normalized spacial score (nSPS) is 21.0. The lowest BCUT2D eigenvalue weighted by atomic mass is 9.80. The summed E-state index contributed by atoms with van der Waals surface area (Å²) in [6.07, 6.45) is 8.98. The highest BCUT2D eigenvalue weighted by Crippen LogP contribution is 2.39. The van der Waals surface area contributed by atoms with Crippen LogP contribution in [0.2, 0.25) is 0 Å². The van der Waals surface area contributed by atoms with Gasteiger partial charge >= 0.3 is 0 Å². The Kier molecular flexibility index (Phi) is 4.50. The van der Waals surface area contributed by atoms with E-state index in [4.69, 9.17) is 0 Å². The van der Waals surface area contributed by atoms with Crippen LogP contribution in [0.3, 0.4) is 0 Å². The number of benzene rings is 1. The van der Waals surface area contributed by atoms with Gasteiger partial charge in [-0.15, -0.1) is 0 Å². The second-order valence-corrected chi connectivity index (χ2v) is 8.13. The van der Waals surface area contributed by atoms with Crippen molar-refractivity contribution in [2.24, 2.45) is 5.92 Å². The highest BCUT2D eigenvalue weighted by molar-refractivity contribution is 5.80. The Balaban J connectivity index is 1.63. The van der Waals surface area contributed by atoms with Crippen LogP contribution in [0.1, 0.15) is 43.7 Å². The topological polar surface area (TPSA) is 52.5 Å². The Labute approximate surface area is 159 Å². The van der Waals surface area contributed by atoms with Crippen molar-refractivity contribution < 1.29 is 0 Å². The Morgan fingerprint density at radius 3 is 2.63 bits per heavy atom. The third-order valence-corrected chi connectivity index (χ3v) is 6.47. The molecule has 0 spiro atoms. The van der Waals surface area contributed by atoms with Gasteiger partial charge in [0, 0.05) is 38.4 Å². The molecule has 1 aromatic carbocycles. The van der Waals surface area contributed by atoms with Crippen molar-refractivity contribution >= 4 is 16.6 Å². The number of H-pyrrole nitrogens is 1. The Bertz CT molecular complexity index is 974. The van der Waals surface area contributed by atoms with E-state index in [2.05, 4.69) is 31.9 Å². The standard InChI is InChI=1S/C22H28N4O/c27-22-18-8-4-5-9-19(18)26-15-17(14-20(26)24-22)21(16-6-2-1-3-7-16)25-12-10-23-11-13-25/h4-5,8-9,14-16,21,23H,1-3,6-7,10-13H2,(H,24,27). The molecule has 1 unspecified atom stereocenters. The van der Waals surface area contributed by atoms with Gasteiger partial charge in [0.25, 0.3) is 5.56 Å². The summed E-state index contributed by atoms with van der Waals surface area (Å²) in [5.41, 5.74) is 3.25. The number of aromatic nitrogens is 2. The molecule has 1 atom stereocenters. The second-order valence-electron chi connectivity index (χ2n) is 8.13. The Hall–Kier alpha value is -2.11. The van der Waals surface area contributed by atoms with Crippen LogP contribution in [-0.4, -0.2) is 40.5 Å². The number of aromatic amines is 1. The molecule has 2 N–H and O–H groups in total. The van der Waals surface area contributed by atoms with Crippen LogP contribution >= 0.6 is 0 Å². The molecule has 2 fully saturated rings. The molecule has 3 heterocycles. The second kappa shape index (κ2) is 7.13. The highest BCUT2D eigenvalue weighted by atomic mass is 16.1. The minimum Gasteiger partial charge on any atom is -0.314 e. The maximum absolute atomic E-state index is 12.5. The minimum absolute atomic E-state index is 0.000797. The number of piperazine rings is 1. The first-order chi connectivity index (χ1) is 13.3. The quantitative estimate of drug-likeness (QED) is 0.750. The molecule has 1 aliphatic heterocycles. The van der Waals surface area contributed by atoms with Gasteiger partial charge in [-0.3, -0.25) is 9.69 Å². The summed E-state index contributed by atoms with van der Waals surface area (Å²) in [6.45, 7) is 4.34. The van der Waals surface area contributed by atoms with Gasteiger partial charge in [-0.05, 0) is 42.5 Å². The molecule has 1 saturated heterocycles. The predicted molar refractivity (Wildman–Crippen MR) is 109 cm³/mol. The molecule has 0 amide bonds. The molecular weight excluding hydrogens is 336 g/mol. The number of hydrogen-bond donors (Lipinski definition) is 2. The minimum atomic E-state index is -0.000797. The van der Waals surface area contributed by atoms with Gasteiger partial charge in [0.2, 0.25) is 0 Å². The van der Waals surface area contributed by atoms with E-state index < -0.39 is 0 Å². The maximum Gasteiger partial charge on any atom is 0.258 e. The number of hydrogen-bond acceptors (Lipinski definition) is 3. The highest BCUT2D eigenvalue weighted by Gasteiger charge is 2.31. The number of rotatable bonds is 3. The lowest BCUT2D eigenvalue weighted by Crippen LogP contribution is -2.47. The van der Waals surface area contributed by atoms with Gasteiger partial charge in [0.1, 0.15) is 5.65 Å². The fourth-order valence-corrected chi connectivity index (χ4v) is 5.19. The molecule has 2 aromatic heterocycles. The van der Waals surface area contributed by atoms with E-state index in [1.165, 1.54) is 37.7 Å². The molecular formula is C22H28N4O. The fraction of sp³-hybridized carbons (Fsp3) is 0.500. The molecule has 2 aliphatic rings. The smallest absolute Gasteiger partial charge is 0.258 e. The van der Waals surface area contributed by atoms with Crippen molar-refractivity contribution in [2.75, 3.05) is 26.2 Å². The van der Waals surface area contributed by atoms with Crippen LogP contribution in [0.15, 0.2) is 41.3 Å². The summed E-state index contributed by atoms with van der Waals surface area (Å²) in [4.78, 5) is 18.2. The van der Waals surface area contributed by atoms with Gasteiger partial charge in [0.05, 0.1) is 10.9 Å². The third kappa shape index (κ3) is 3.09. The van der Waals surface area contributed by atoms with E-state index in [9.17, 15) is 4.79 Å². The molecule has 5 rings (SSSR count). The summed E-state index contributed by atoms with van der Waals surface area (Å²) in [5, 5.41) is 4.24. The molecule has 142 valence electrons. The fourth-order valence-electron chi connectivity index (χ4n) is 5.19. The average Bonchev–Trinajstić information content (AvgIpc) is 3.13. The largest absolute Gasteiger partial charge is 0.314 e. The van der Waals surface area contributed by atoms with Crippen LogP contribution in [0.25, 0.3) is 16.6 Å². The van der Waals surface area contributed by atoms with Crippen LogP contribution in [0.5, 0.6) is 0 Å². The van der Waals surface area contributed by atoms with Crippen LogP contribution in [0, 0.1) is 5.92 Å². The third-order valence-electron chi connectivity index (χ3n) is 6.47. The van der Waals surface area contributed by atoms with Crippen molar-refractivity contribution in [2.45, 2.75) is 38.1 Å². The summed E-state index contributed by atoms with van der Waals surface area (Å²) in [6, 6.07) is 10.6. The number of nitrogens with one attached hydrogen (secondary N) is 2. The molecule has 1 saturated carbocycles. The average molecular weight is 364 g/mol. The molecule has 3 aromatic rings. The van der Waals surface area contributed by atoms with E-state index >= 15 is 0 Å². The predicted octanol–water partition coefficient (Wildman–Crippen LogP) is 3.31. The zero-order valence-corrected chi connectivity index (χ0v) is 15.8. The molecule has 0 bridgehead atoms. The zero-order valence-electron chi connectivity index (χ0n) is 15.8. The number of para-hydroxylation sites is 1. The molecule has 5 heteroatoms. The van der Waals surface area contributed by atoms with Gasteiger partial charge in [0.15, 0.2) is 0 Å². The van der Waals surface area contributed by atoms with E-state index in [0.717, 1.165) is 42.7 Å². The maximum atomic E-state index is 12.5. The van der Waals surface area contributed by atoms with E-state index in [1.807, 2.05) is 24.3 Å². The van der Waals surface area contributed by atoms with Gasteiger partial charge in [-0.1, -0.05) is 31.4 Å². The SMILES string of the molecule is O=c1[nH]c2cc(C(C3CCCCC3)N3CCNCC3)cn2c2ccccc12. The zero-order chi connectivity index (χ0) is 18.2. The summed E-state index contributed by atoms with van der Waals surface area (Å²) in [7, 11) is 0. The van der Waals surface area contributed by atoms with Crippen molar-refractivity contribution in [1.29, 1.82) is 0 Å². The molecule has 5 nitrogen and oxygen atoms in total. The van der Waals surface area contributed by atoms with E-state index in [1.54, 1.807) is 0 Å². The van der Waals surface area contributed by atoms with Crippen LogP contribution in [-0.2, 0) is 0 Å². The first-order valence-electron chi connectivity index (χ1n) is 10.4. The van der Waals surface area contributed by atoms with Crippen LogP contribution < -0.4 is 10.9 Å². The number of nitrogens with zero attached hydrogens (tertiary/aromatic N) is 2. The van der Waals surface area contributed by atoms with Crippen molar-refractivity contribution in [3.8, 4) is 0 Å². The van der Waals surface area contributed by atoms with E-state index in [0.29, 0.717) is 12.0 Å². The monoisotopic (exact) mass is 364 g/mol. The Morgan fingerprint density at radius 1 is 1.04 bits per heavy atom. The van der Waals surface area contributed by atoms with Crippen molar-refractivity contribution in [3.05, 3.63) is 52.4 Å². The Morgan fingerprint density at radius 2 is 1.81 bits per heavy atom. The van der Waals surface area contributed by atoms with Gasteiger partial charge < -0.3 is 14.7 Å². The molecule has 0 radical (unpaired) electrons. The first-order valence-corrected chi connectivity index (χ1v) is 10.4. The summed E-state index contributed by atoms with van der Waals surface area (Å²) < 4.78 is 2.17. The van der Waals surface area contributed by atoms with Gasteiger partial charge in [-0.25, -0.2) is 0 Å².